The summed E-state index contributed by atoms with van der Waals surface area (Å²) >= 11 is 5.18. The molecule has 1 aliphatic rings. The van der Waals surface area contributed by atoms with Crippen LogP contribution in [0.5, 0.6) is 0 Å². The third-order valence-corrected chi connectivity index (χ3v) is 3.96. The van der Waals surface area contributed by atoms with Crippen LogP contribution < -0.4 is 0 Å². The van der Waals surface area contributed by atoms with E-state index in [1.54, 1.807) is 11.3 Å². The van der Waals surface area contributed by atoms with Gasteiger partial charge in [-0.3, -0.25) is 0 Å². The minimum Gasteiger partial charge on any atom is -0.146 e. The molecular weight excluding hydrogens is 220 g/mol. The lowest BCUT2D eigenvalue weighted by Crippen LogP contribution is -1.97. The average molecular weight is 227 g/mol. The maximum atomic E-state index is 5.45. The van der Waals surface area contributed by atoms with Crippen LogP contribution in [0.4, 0.5) is 0 Å². The third-order valence-electron chi connectivity index (χ3n) is 2.07. The van der Waals surface area contributed by atoms with Crippen molar-refractivity contribution in [1.82, 2.24) is 0 Å². The van der Waals surface area contributed by atoms with Gasteiger partial charge in [0, 0.05) is 14.7 Å². The van der Waals surface area contributed by atoms with Crippen molar-refractivity contribution in [3.8, 4) is 12.3 Å². The fourth-order valence-electron chi connectivity index (χ4n) is 1.15. The van der Waals surface area contributed by atoms with Crippen LogP contribution in [0, 0.1) is 12.3 Å². The topological polar surface area (TPSA) is 0 Å². The molecule has 0 radical (unpaired) electrons. The van der Waals surface area contributed by atoms with Crippen LogP contribution in [-0.2, 0) is 5.41 Å². The number of terminal acetylenes is 1. The van der Waals surface area contributed by atoms with Crippen molar-refractivity contribution in [3.05, 3.63) is 20.8 Å². The van der Waals surface area contributed by atoms with Gasteiger partial charge >= 0.3 is 0 Å². The van der Waals surface area contributed by atoms with Crippen molar-refractivity contribution in [2.75, 3.05) is 0 Å². The Bertz CT molecular complexity index is 315. The highest BCUT2D eigenvalue weighted by Crippen LogP contribution is 2.50. The molecule has 1 aromatic rings. The standard InChI is InChI=1S/C9H7BrS/c1-2-9(3-4-9)8-5-7(10)6-11-8/h1,5-6H,3-4H2. The van der Waals surface area contributed by atoms with Crippen molar-refractivity contribution in [1.29, 1.82) is 0 Å². The molecule has 0 bridgehead atoms. The monoisotopic (exact) mass is 226 g/mol. The number of rotatable bonds is 1. The quantitative estimate of drug-likeness (QED) is 0.646. The summed E-state index contributed by atoms with van der Waals surface area (Å²) in [7, 11) is 0. The van der Waals surface area contributed by atoms with Crippen LogP contribution in [0.25, 0.3) is 0 Å². The number of hydrogen-bond donors (Lipinski definition) is 0. The second kappa shape index (κ2) is 2.36. The summed E-state index contributed by atoms with van der Waals surface area (Å²) in [4.78, 5) is 1.34. The molecule has 0 aromatic carbocycles. The Morgan fingerprint density at radius 3 is 2.73 bits per heavy atom. The molecule has 0 N–H and O–H groups in total. The number of halogens is 1. The summed E-state index contributed by atoms with van der Waals surface area (Å²) in [5.41, 5.74) is 0.122. The first-order valence-electron chi connectivity index (χ1n) is 3.49. The minimum atomic E-state index is 0.122. The molecule has 0 spiro atoms. The number of hydrogen-bond acceptors (Lipinski definition) is 1. The lowest BCUT2D eigenvalue weighted by atomic mass is 10.1. The Balaban J connectivity index is 2.38. The van der Waals surface area contributed by atoms with Crippen LogP contribution in [0.3, 0.4) is 0 Å². The normalized spacial score (nSPS) is 19.3. The minimum absolute atomic E-state index is 0.122. The molecule has 1 heterocycles. The van der Waals surface area contributed by atoms with Gasteiger partial charge in [0.1, 0.15) is 0 Å². The van der Waals surface area contributed by atoms with E-state index in [4.69, 9.17) is 6.42 Å². The van der Waals surface area contributed by atoms with Crippen molar-refractivity contribution < 1.29 is 0 Å². The molecule has 0 atom stereocenters. The first-order chi connectivity index (χ1) is 5.27. The van der Waals surface area contributed by atoms with Gasteiger partial charge in [0.25, 0.3) is 0 Å². The Hall–Kier alpha value is -0.260. The van der Waals surface area contributed by atoms with Crippen molar-refractivity contribution in [3.63, 3.8) is 0 Å². The van der Waals surface area contributed by atoms with Gasteiger partial charge in [0.2, 0.25) is 0 Å². The zero-order valence-electron chi connectivity index (χ0n) is 5.93. The van der Waals surface area contributed by atoms with Crippen molar-refractivity contribution in [2.45, 2.75) is 18.3 Å². The van der Waals surface area contributed by atoms with Crippen LogP contribution >= 0.6 is 27.3 Å². The van der Waals surface area contributed by atoms with Crippen LogP contribution in [0.15, 0.2) is 15.9 Å². The Morgan fingerprint density at radius 2 is 2.36 bits per heavy atom. The summed E-state index contributed by atoms with van der Waals surface area (Å²) < 4.78 is 1.15. The van der Waals surface area contributed by atoms with Gasteiger partial charge < -0.3 is 0 Å². The van der Waals surface area contributed by atoms with E-state index in [-0.39, 0.29) is 5.41 Å². The van der Waals surface area contributed by atoms with E-state index >= 15 is 0 Å². The SMILES string of the molecule is C#CC1(c2cc(Br)cs2)CC1. The second-order valence-corrected chi connectivity index (χ2v) is 4.68. The molecule has 2 rings (SSSR count). The molecule has 0 aliphatic heterocycles. The van der Waals surface area contributed by atoms with Crippen molar-refractivity contribution >= 4 is 27.3 Å². The zero-order chi connectivity index (χ0) is 7.90. The third kappa shape index (κ3) is 1.13. The first kappa shape index (κ1) is 7.39. The average Bonchev–Trinajstić information content (AvgIpc) is 2.70. The maximum Gasteiger partial charge on any atom is 0.0654 e. The van der Waals surface area contributed by atoms with Gasteiger partial charge in [0.05, 0.1) is 5.41 Å². The fraction of sp³-hybridized carbons (Fsp3) is 0.333. The largest absolute Gasteiger partial charge is 0.146 e. The molecule has 0 saturated heterocycles. The van der Waals surface area contributed by atoms with Crippen LogP contribution in [0.2, 0.25) is 0 Å². The van der Waals surface area contributed by atoms with E-state index < -0.39 is 0 Å². The highest BCUT2D eigenvalue weighted by molar-refractivity contribution is 9.10. The molecule has 0 unspecified atom stereocenters. The summed E-state index contributed by atoms with van der Waals surface area (Å²) in [6, 6.07) is 2.14. The second-order valence-electron chi connectivity index (χ2n) is 2.86. The Labute approximate surface area is 78.8 Å². The van der Waals surface area contributed by atoms with Gasteiger partial charge in [-0.25, -0.2) is 0 Å². The van der Waals surface area contributed by atoms with E-state index in [1.807, 2.05) is 0 Å². The Morgan fingerprint density at radius 1 is 1.64 bits per heavy atom. The van der Waals surface area contributed by atoms with E-state index in [0.29, 0.717) is 0 Å². The van der Waals surface area contributed by atoms with Gasteiger partial charge in [-0.05, 0) is 34.8 Å². The van der Waals surface area contributed by atoms with Gasteiger partial charge in [-0.1, -0.05) is 5.92 Å². The molecule has 0 amide bonds. The summed E-state index contributed by atoms with van der Waals surface area (Å²) in [5.74, 6) is 2.87. The predicted molar refractivity (Wildman–Crippen MR) is 51.8 cm³/mol. The molecule has 0 nitrogen and oxygen atoms in total. The van der Waals surface area contributed by atoms with Gasteiger partial charge in [-0.15, -0.1) is 17.8 Å². The molecule has 11 heavy (non-hydrogen) atoms. The Kier molecular flexibility index (Phi) is 1.59. The molecule has 1 aromatic heterocycles. The predicted octanol–water partition coefficient (Wildman–Crippen LogP) is 3.18. The zero-order valence-corrected chi connectivity index (χ0v) is 8.33. The summed E-state index contributed by atoms with van der Waals surface area (Å²) in [6.45, 7) is 0. The van der Waals surface area contributed by atoms with E-state index in [2.05, 4.69) is 33.3 Å². The van der Waals surface area contributed by atoms with E-state index in [9.17, 15) is 0 Å². The smallest absolute Gasteiger partial charge is 0.0654 e. The summed E-state index contributed by atoms with van der Waals surface area (Å²) in [6.07, 6.45) is 7.78. The van der Waals surface area contributed by atoms with E-state index in [0.717, 1.165) is 17.3 Å². The molecule has 56 valence electrons. The van der Waals surface area contributed by atoms with Crippen LogP contribution in [0.1, 0.15) is 17.7 Å². The van der Waals surface area contributed by atoms with Gasteiger partial charge in [-0.2, -0.15) is 0 Å². The molecule has 1 aliphatic carbocycles. The lowest BCUT2D eigenvalue weighted by molar-refractivity contribution is 0.961. The fourth-order valence-corrected chi connectivity index (χ4v) is 2.80. The summed E-state index contributed by atoms with van der Waals surface area (Å²) in [5, 5.41) is 2.09. The van der Waals surface area contributed by atoms with E-state index in [1.165, 1.54) is 4.88 Å². The maximum absolute atomic E-state index is 5.45. The number of thiophene rings is 1. The molecule has 1 saturated carbocycles. The highest BCUT2D eigenvalue weighted by atomic mass is 79.9. The van der Waals surface area contributed by atoms with Crippen molar-refractivity contribution in [2.24, 2.45) is 0 Å². The lowest BCUT2D eigenvalue weighted by Gasteiger charge is -2.00. The first-order valence-corrected chi connectivity index (χ1v) is 5.16. The molecule has 1 fully saturated rings. The molecule has 2 heteroatoms. The van der Waals surface area contributed by atoms with Crippen LogP contribution in [-0.4, -0.2) is 0 Å². The highest BCUT2D eigenvalue weighted by Gasteiger charge is 2.43. The molecular formula is C9H7BrS. The van der Waals surface area contributed by atoms with Gasteiger partial charge in [0.15, 0.2) is 0 Å².